The maximum Gasteiger partial charge on any atom is 0.223 e. The second kappa shape index (κ2) is 4.97. The van der Waals surface area contributed by atoms with E-state index in [1.54, 1.807) is 0 Å². The summed E-state index contributed by atoms with van der Waals surface area (Å²) in [5, 5.41) is 6.36. The van der Waals surface area contributed by atoms with Gasteiger partial charge in [-0.2, -0.15) is 0 Å². The zero-order chi connectivity index (χ0) is 11.5. The molecule has 0 spiro atoms. The van der Waals surface area contributed by atoms with Crippen molar-refractivity contribution in [3.63, 3.8) is 0 Å². The maximum absolute atomic E-state index is 11.8. The molecule has 3 nitrogen and oxygen atoms in total. The largest absolute Gasteiger partial charge is 0.356 e. The molecule has 0 aromatic heterocycles. The standard InChI is InChI=1S/C12H24N2O/c1-9(12(2,3)4)11(15)14-8-10-5-6-13-7-10/h9-10,13H,5-8H2,1-4H3,(H,14,15). The van der Waals surface area contributed by atoms with Crippen molar-refractivity contribution < 1.29 is 4.79 Å². The first-order valence-corrected chi connectivity index (χ1v) is 5.89. The smallest absolute Gasteiger partial charge is 0.223 e. The fraction of sp³-hybridized carbons (Fsp3) is 0.917. The molecule has 1 saturated heterocycles. The van der Waals surface area contributed by atoms with Crippen LogP contribution in [0.3, 0.4) is 0 Å². The van der Waals surface area contributed by atoms with Gasteiger partial charge < -0.3 is 10.6 Å². The van der Waals surface area contributed by atoms with E-state index in [2.05, 4.69) is 31.4 Å². The fourth-order valence-electron chi connectivity index (χ4n) is 1.68. The summed E-state index contributed by atoms with van der Waals surface area (Å²) in [6, 6.07) is 0. The van der Waals surface area contributed by atoms with Crippen LogP contribution in [-0.4, -0.2) is 25.5 Å². The van der Waals surface area contributed by atoms with Gasteiger partial charge in [0.25, 0.3) is 0 Å². The molecule has 0 aromatic rings. The van der Waals surface area contributed by atoms with Gasteiger partial charge in [-0.15, -0.1) is 0 Å². The van der Waals surface area contributed by atoms with Gasteiger partial charge in [0, 0.05) is 12.5 Å². The normalized spacial score (nSPS) is 23.9. The monoisotopic (exact) mass is 212 g/mol. The van der Waals surface area contributed by atoms with Gasteiger partial charge in [0.05, 0.1) is 0 Å². The van der Waals surface area contributed by atoms with Gasteiger partial charge in [0.2, 0.25) is 5.91 Å². The van der Waals surface area contributed by atoms with E-state index in [4.69, 9.17) is 0 Å². The van der Waals surface area contributed by atoms with Gasteiger partial charge in [-0.3, -0.25) is 4.79 Å². The van der Waals surface area contributed by atoms with E-state index >= 15 is 0 Å². The van der Waals surface area contributed by atoms with E-state index < -0.39 is 0 Å². The summed E-state index contributed by atoms with van der Waals surface area (Å²) in [5.74, 6) is 0.891. The minimum Gasteiger partial charge on any atom is -0.356 e. The maximum atomic E-state index is 11.8. The van der Waals surface area contributed by atoms with Crippen LogP contribution >= 0.6 is 0 Å². The molecule has 0 saturated carbocycles. The van der Waals surface area contributed by atoms with Gasteiger partial charge >= 0.3 is 0 Å². The highest BCUT2D eigenvalue weighted by Gasteiger charge is 2.27. The third-order valence-corrected chi connectivity index (χ3v) is 3.42. The lowest BCUT2D eigenvalue weighted by Crippen LogP contribution is -2.38. The summed E-state index contributed by atoms with van der Waals surface area (Å²) in [4.78, 5) is 11.8. The molecule has 0 aromatic carbocycles. The first-order chi connectivity index (χ1) is 6.91. The Balaban J connectivity index is 2.29. The molecular formula is C12H24N2O. The van der Waals surface area contributed by atoms with Gasteiger partial charge in [-0.05, 0) is 30.8 Å². The molecule has 1 aliphatic heterocycles. The van der Waals surface area contributed by atoms with E-state index in [0.717, 1.165) is 19.6 Å². The van der Waals surface area contributed by atoms with Crippen LogP contribution in [0.2, 0.25) is 0 Å². The third-order valence-electron chi connectivity index (χ3n) is 3.42. The molecule has 1 rings (SSSR count). The lowest BCUT2D eigenvalue weighted by Gasteiger charge is -2.26. The summed E-state index contributed by atoms with van der Waals surface area (Å²) in [6.45, 7) is 11.3. The van der Waals surface area contributed by atoms with E-state index in [-0.39, 0.29) is 17.2 Å². The molecule has 15 heavy (non-hydrogen) atoms. The zero-order valence-corrected chi connectivity index (χ0v) is 10.4. The topological polar surface area (TPSA) is 41.1 Å². The summed E-state index contributed by atoms with van der Waals surface area (Å²) >= 11 is 0. The van der Waals surface area contributed by atoms with E-state index in [0.29, 0.717) is 5.92 Å². The minimum absolute atomic E-state index is 0.0536. The molecule has 88 valence electrons. The van der Waals surface area contributed by atoms with Crippen molar-refractivity contribution in [1.29, 1.82) is 0 Å². The lowest BCUT2D eigenvalue weighted by molar-refractivity contribution is -0.127. The van der Waals surface area contributed by atoms with Crippen LogP contribution < -0.4 is 10.6 Å². The number of hydrogen-bond donors (Lipinski definition) is 2. The van der Waals surface area contributed by atoms with Gasteiger partial charge in [-0.25, -0.2) is 0 Å². The average Bonchev–Trinajstić information content (AvgIpc) is 2.63. The molecule has 2 N–H and O–H groups in total. The quantitative estimate of drug-likeness (QED) is 0.742. The summed E-state index contributed by atoms with van der Waals surface area (Å²) in [7, 11) is 0. The Morgan fingerprint density at radius 2 is 2.20 bits per heavy atom. The molecule has 1 heterocycles. The molecule has 0 aliphatic carbocycles. The number of nitrogens with one attached hydrogen (secondary N) is 2. The number of carbonyl (C=O) groups is 1. The molecule has 1 aliphatic rings. The molecule has 1 amide bonds. The second-order valence-electron chi connectivity index (χ2n) is 5.69. The van der Waals surface area contributed by atoms with Crippen LogP contribution in [-0.2, 0) is 4.79 Å². The molecule has 3 heteroatoms. The first-order valence-electron chi connectivity index (χ1n) is 5.89. The second-order valence-corrected chi connectivity index (χ2v) is 5.69. The van der Waals surface area contributed by atoms with Crippen LogP contribution in [0, 0.1) is 17.3 Å². The molecule has 2 unspecified atom stereocenters. The number of rotatable bonds is 3. The average molecular weight is 212 g/mol. The van der Waals surface area contributed by atoms with Crippen molar-refractivity contribution >= 4 is 5.91 Å². The highest BCUT2D eigenvalue weighted by atomic mass is 16.1. The Kier molecular flexibility index (Phi) is 4.14. The van der Waals surface area contributed by atoms with E-state index in [9.17, 15) is 4.79 Å². The van der Waals surface area contributed by atoms with Gasteiger partial charge in [0.15, 0.2) is 0 Å². The minimum atomic E-state index is 0.0536. The van der Waals surface area contributed by atoms with E-state index in [1.807, 2.05) is 6.92 Å². The van der Waals surface area contributed by atoms with Gasteiger partial charge in [0.1, 0.15) is 0 Å². The van der Waals surface area contributed by atoms with Crippen LogP contribution in [0.1, 0.15) is 34.1 Å². The highest BCUT2D eigenvalue weighted by molar-refractivity contribution is 5.78. The predicted octanol–water partition coefficient (Wildman–Crippen LogP) is 1.39. The van der Waals surface area contributed by atoms with Crippen LogP contribution in [0.15, 0.2) is 0 Å². The van der Waals surface area contributed by atoms with E-state index in [1.165, 1.54) is 6.42 Å². The van der Waals surface area contributed by atoms with Crippen molar-refractivity contribution in [2.24, 2.45) is 17.3 Å². The third kappa shape index (κ3) is 3.82. The van der Waals surface area contributed by atoms with Crippen molar-refractivity contribution in [1.82, 2.24) is 10.6 Å². The Hall–Kier alpha value is -0.570. The van der Waals surface area contributed by atoms with Crippen LogP contribution in [0.25, 0.3) is 0 Å². The Morgan fingerprint density at radius 3 is 2.67 bits per heavy atom. The number of hydrogen-bond acceptors (Lipinski definition) is 2. The molecule has 1 fully saturated rings. The SMILES string of the molecule is CC(C(=O)NCC1CCNC1)C(C)(C)C. The summed E-state index contributed by atoms with van der Waals surface area (Å²) < 4.78 is 0. The molecular weight excluding hydrogens is 188 g/mol. The number of amides is 1. The van der Waals surface area contributed by atoms with Crippen molar-refractivity contribution in [3.8, 4) is 0 Å². The van der Waals surface area contributed by atoms with Crippen LogP contribution in [0.5, 0.6) is 0 Å². The molecule has 0 radical (unpaired) electrons. The Labute approximate surface area is 93.0 Å². The molecule has 0 bridgehead atoms. The van der Waals surface area contributed by atoms with Crippen molar-refractivity contribution in [3.05, 3.63) is 0 Å². The Morgan fingerprint density at radius 1 is 1.53 bits per heavy atom. The lowest BCUT2D eigenvalue weighted by atomic mass is 9.81. The number of carbonyl (C=O) groups excluding carboxylic acids is 1. The molecule has 2 atom stereocenters. The highest BCUT2D eigenvalue weighted by Crippen LogP contribution is 2.25. The summed E-state index contributed by atoms with van der Waals surface area (Å²) in [6.07, 6.45) is 1.18. The Bertz CT molecular complexity index is 214. The van der Waals surface area contributed by atoms with Crippen LogP contribution in [0.4, 0.5) is 0 Å². The van der Waals surface area contributed by atoms with Crippen molar-refractivity contribution in [2.75, 3.05) is 19.6 Å². The van der Waals surface area contributed by atoms with Gasteiger partial charge in [-0.1, -0.05) is 27.7 Å². The fourth-order valence-corrected chi connectivity index (χ4v) is 1.68. The first kappa shape index (κ1) is 12.5. The summed E-state index contributed by atoms with van der Waals surface area (Å²) in [5.41, 5.74) is 0.0536. The van der Waals surface area contributed by atoms with Crippen molar-refractivity contribution in [2.45, 2.75) is 34.1 Å². The predicted molar refractivity (Wildman–Crippen MR) is 62.6 cm³/mol. The zero-order valence-electron chi connectivity index (χ0n) is 10.4.